The number of rotatable bonds is 15. The Hall–Kier alpha value is -4.72. The number of benzene rings is 3. The van der Waals surface area contributed by atoms with Crippen molar-refractivity contribution in [3.8, 4) is 0 Å². The molecule has 8 aliphatic carbocycles. The predicted molar refractivity (Wildman–Crippen MR) is 344 cm³/mol. The van der Waals surface area contributed by atoms with Crippen molar-refractivity contribution in [2.75, 3.05) is 0 Å². The van der Waals surface area contributed by atoms with E-state index in [-0.39, 0.29) is 38.9 Å². The normalized spacial score (nSPS) is 32.7. The fourth-order valence-electron chi connectivity index (χ4n) is 18.4. The molecule has 8 aliphatic rings. The molecule has 1 N–H and O–H groups in total. The summed E-state index contributed by atoms with van der Waals surface area (Å²) in [6.45, 7) is 28.6. The van der Waals surface area contributed by atoms with E-state index in [4.69, 9.17) is 0 Å². The zero-order valence-corrected chi connectivity index (χ0v) is 52.3. The Bertz CT molecular complexity index is 2810. The minimum absolute atomic E-state index is 0.0629. The van der Waals surface area contributed by atoms with Crippen LogP contribution in [0.25, 0.3) is 0 Å². The maximum Gasteiger partial charge on any atom is 0.0964 e. The van der Waals surface area contributed by atoms with Gasteiger partial charge in [-0.1, -0.05) is 285 Å². The molecular weight excluding hydrogens is 977 g/mol. The molecule has 13 unspecified atom stereocenters. The molecular formula is C80H104O. The van der Waals surface area contributed by atoms with Crippen molar-refractivity contribution in [2.45, 2.75) is 171 Å². The van der Waals surface area contributed by atoms with E-state index in [0.717, 1.165) is 30.7 Å². The van der Waals surface area contributed by atoms with E-state index >= 15 is 0 Å². The van der Waals surface area contributed by atoms with E-state index in [2.05, 4.69) is 259 Å². The van der Waals surface area contributed by atoms with Crippen LogP contribution in [0.1, 0.15) is 177 Å². The summed E-state index contributed by atoms with van der Waals surface area (Å²) in [5.74, 6) is 6.09. The third kappa shape index (κ3) is 11.2. The molecule has 0 saturated heterocycles. The van der Waals surface area contributed by atoms with E-state index in [1.165, 1.54) is 91.2 Å². The van der Waals surface area contributed by atoms with Gasteiger partial charge in [-0.2, -0.15) is 0 Å². The van der Waals surface area contributed by atoms with Crippen molar-refractivity contribution in [1.29, 1.82) is 0 Å². The van der Waals surface area contributed by atoms with Gasteiger partial charge in [0.1, 0.15) is 0 Å². The zero-order valence-electron chi connectivity index (χ0n) is 52.3. The van der Waals surface area contributed by atoms with Crippen LogP contribution in [-0.2, 0) is 11.0 Å². The van der Waals surface area contributed by atoms with Gasteiger partial charge in [-0.25, -0.2) is 0 Å². The van der Waals surface area contributed by atoms with Crippen LogP contribution in [0.3, 0.4) is 0 Å². The van der Waals surface area contributed by atoms with Gasteiger partial charge in [0, 0.05) is 11.3 Å². The Morgan fingerprint density at radius 2 is 0.704 bits per heavy atom. The number of fused-ring (bicyclic) bond motifs is 6. The lowest BCUT2D eigenvalue weighted by Crippen LogP contribution is -2.47. The van der Waals surface area contributed by atoms with Crippen LogP contribution in [-0.4, -0.2) is 5.11 Å². The van der Waals surface area contributed by atoms with Crippen LogP contribution >= 0.6 is 0 Å². The van der Waals surface area contributed by atoms with Gasteiger partial charge in [-0.3, -0.25) is 0 Å². The molecule has 430 valence electrons. The second-order valence-corrected chi connectivity index (χ2v) is 31.5. The van der Waals surface area contributed by atoms with Crippen molar-refractivity contribution in [1.82, 2.24) is 0 Å². The maximum atomic E-state index is 14.0. The average molecular weight is 1080 g/mol. The molecule has 0 bridgehead atoms. The highest BCUT2D eigenvalue weighted by Crippen LogP contribution is 2.67. The summed E-state index contributed by atoms with van der Waals surface area (Å²) in [5.41, 5.74) is 9.38. The first-order chi connectivity index (χ1) is 38.6. The second kappa shape index (κ2) is 22.7. The molecule has 11 rings (SSSR count). The van der Waals surface area contributed by atoms with Gasteiger partial charge in [0.15, 0.2) is 0 Å². The molecule has 0 aromatic heterocycles. The third-order valence-corrected chi connectivity index (χ3v) is 22.5. The first kappa shape index (κ1) is 58.1. The molecule has 0 radical (unpaired) electrons. The molecule has 0 heterocycles. The number of allylic oxidation sites excluding steroid dienone is 18. The summed E-state index contributed by atoms with van der Waals surface area (Å²) in [6.07, 6.45) is 50.9. The van der Waals surface area contributed by atoms with Crippen LogP contribution in [0.2, 0.25) is 0 Å². The molecule has 0 amide bonds. The molecule has 81 heavy (non-hydrogen) atoms. The molecule has 3 aromatic rings. The number of hydrogen-bond acceptors (Lipinski definition) is 1. The third-order valence-electron chi connectivity index (χ3n) is 22.5. The number of aliphatic hydroxyl groups is 1. The van der Waals surface area contributed by atoms with Gasteiger partial charge in [0.2, 0.25) is 0 Å². The topological polar surface area (TPSA) is 20.2 Å². The summed E-state index contributed by atoms with van der Waals surface area (Å²) in [6, 6.07) is 34.9. The second-order valence-electron chi connectivity index (χ2n) is 31.5. The SMILES string of the molecule is CC(C)(C)C1=CC2C(C=C1)C1C=CC(C(C)(C)C)=CC1C2C(O)(c1ccccc1)C1CCC(CCC/C=C/CCCC2CCC(C(c3ccccc3)(c3ccccc3)C3C4C=C(C(C)(C)C)C=CC4C4C=CC(C(C)(C)C)=CC43)C2)C1. The molecule has 4 saturated carbocycles. The highest BCUT2D eigenvalue weighted by atomic mass is 16.3. The Balaban J connectivity index is 0.765. The summed E-state index contributed by atoms with van der Waals surface area (Å²) in [7, 11) is 0. The van der Waals surface area contributed by atoms with Crippen LogP contribution in [0, 0.1) is 105 Å². The molecule has 0 spiro atoms. The van der Waals surface area contributed by atoms with Crippen LogP contribution < -0.4 is 0 Å². The molecule has 1 nitrogen and oxygen atoms in total. The molecule has 1 heteroatoms. The first-order valence-electron chi connectivity index (χ1n) is 32.7. The van der Waals surface area contributed by atoms with Gasteiger partial charge in [0.25, 0.3) is 0 Å². The summed E-state index contributed by atoms with van der Waals surface area (Å²) in [4.78, 5) is 0. The van der Waals surface area contributed by atoms with Crippen LogP contribution in [0.15, 0.2) is 198 Å². The van der Waals surface area contributed by atoms with Crippen molar-refractivity contribution < 1.29 is 5.11 Å². The lowest BCUT2D eigenvalue weighted by molar-refractivity contribution is -0.0957. The lowest BCUT2D eigenvalue weighted by Gasteiger charge is -2.50. The highest BCUT2D eigenvalue weighted by Gasteiger charge is 2.62. The quantitative estimate of drug-likeness (QED) is 0.119. The molecule has 4 fully saturated rings. The Morgan fingerprint density at radius 1 is 0.383 bits per heavy atom. The fourth-order valence-corrected chi connectivity index (χ4v) is 18.4. The Labute approximate surface area is 493 Å². The summed E-state index contributed by atoms with van der Waals surface area (Å²) >= 11 is 0. The molecule has 13 atom stereocenters. The van der Waals surface area contributed by atoms with Gasteiger partial charge < -0.3 is 5.11 Å². The number of unbranched alkanes of at least 4 members (excludes halogenated alkanes) is 2. The predicted octanol–water partition coefficient (Wildman–Crippen LogP) is 20.9. The molecule has 3 aromatic carbocycles. The number of hydrogen-bond donors (Lipinski definition) is 1. The van der Waals surface area contributed by atoms with Crippen molar-refractivity contribution >= 4 is 0 Å². The molecule has 0 aliphatic heterocycles. The smallest absolute Gasteiger partial charge is 0.0964 e. The van der Waals surface area contributed by atoms with Crippen LogP contribution in [0.5, 0.6) is 0 Å². The monoisotopic (exact) mass is 1080 g/mol. The Morgan fingerprint density at radius 3 is 1.06 bits per heavy atom. The van der Waals surface area contributed by atoms with Crippen molar-refractivity contribution in [3.05, 3.63) is 215 Å². The van der Waals surface area contributed by atoms with Gasteiger partial charge in [-0.05, 0) is 189 Å². The zero-order chi connectivity index (χ0) is 57.1. The van der Waals surface area contributed by atoms with Crippen LogP contribution in [0.4, 0.5) is 0 Å². The van der Waals surface area contributed by atoms with Gasteiger partial charge >= 0.3 is 0 Å². The van der Waals surface area contributed by atoms with E-state index in [1.54, 1.807) is 0 Å². The largest absolute Gasteiger partial charge is 0.385 e. The fraction of sp³-hybridized carbons (Fsp3) is 0.550. The first-order valence-corrected chi connectivity index (χ1v) is 32.7. The Kier molecular flexibility index (Phi) is 16.3. The van der Waals surface area contributed by atoms with Gasteiger partial charge in [-0.15, -0.1) is 0 Å². The minimum Gasteiger partial charge on any atom is -0.385 e. The van der Waals surface area contributed by atoms with E-state index in [9.17, 15) is 5.11 Å². The van der Waals surface area contributed by atoms with Crippen molar-refractivity contribution in [2.24, 2.45) is 105 Å². The standard InChI is InChI=1S/C80H104O/c1-75(2,3)59-40-44-65-66-45-41-60(76(4,5)6)51-70(66)73(69(65)50-59)79(56-30-22-17-23-31-56,57-32-24-18-25-33-57)63-38-36-54(48-63)28-20-15-13-14-16-21-29-55-37-39-64(49-55)80(81,58-34-26-19-27-35-58)74-71-52-61(77(7,8)9)42-46-67(71)68-47-43-62(53-72(68)74)78(10,11)12/h13-14,17-19,22-27,30-35,40-47,50-55,63-74,81H,15-16,20-21,28-29,36-39,48-49H2,1-12H3/b14-13+. The van der Waals surface area contributed by atoms with Gasteiger partial charge in [0.05, 0.1) is 5.60 Å². The summed E-state index contributed by atoms with van der Waals surface area (Å²) < 4.78 is 0. The minimum atomic E-state index is -0.902. The highest BCUT2D eigenvalue weighted by molar-refractivity contribution is 5.49. The van der Waals surface area contributed by atoms with Crippen molar-refractivity contribution in [3.63, 3.8) is 0 Å². The maximum absolute atomic E-state index is 14.0. The summed E-state index contributed by atoms with van der Waals surface area (Å²) in [5, 5.41) is 14.0. The van der Waals surface area contributed by atoms with E-state index in [1.807, 2.05) is 0 Å². The lowest BCUT2D eigenvalue weighted by atomic mass is 9.52. The van der Waals surface area contributed by atoms with E-state index < -0.39 is 5.60 Å². The van der Waals surface area contributed by atoms with E-state index in [0.29, 0.717) is 65.1 Å². The average Bonchev–Trinajstić information content (AvgIpc) is 4.41.